The van der Waals surface area contributed by atoms with Gasteiger partial charge in [-0.3, -0.25) is 9.69 Å². The second-order valence-corrected chi connectivity index (χ2v) is 4.50. The molecule has 2 atom stereocenters. The topological polar surface area (TPSA) is 66.6 Å². The number of carboxylic acid groups (broad SMARTS) is 1. The first-order chi connectivity index (χ1) is 6.64. The van der Waals surface area contributed by atoms with Crippen molar-refractivity contribution in [1.29, 1.82) is 0 Å². The maximum absolute atomic E-state index is 11.1. The van der Waals surface area contributed by atoms with Gasteiger partial charge >= 0.3 is 5.97 Å². The van der Waals surface area contributed by atoms with Gasteiger partial charge in [0, 0.05) is 12.6 Å². The number of hydrogen-bond acceptors (Lipinski definition) is 3. The maximum Gasteiger partial charge on any atom is 0.325 e. The van der Waals surface area contributed by atoms with E-state index in [0.717, 1.165) is 25.9 Å². The summed E-state index contributed by atoms with van der Waals surface area (Å²) < 4.78 is 0. The van der Waals surface area contributed by atoms with Gasteiger partial charge in [-0.1, -0.05) is 12.8 Å². The third-order valence-electron chi connectivity index (χ3n) is 3.67. The first-order valence-electron chi connectivity index (χ1n) is 5.41. The first-order valence-corrected chi connectivity index (χ1v) is 5.41. The lowest BCUT2D eigenvalue weighted by Gasteiger charge is -2.30. The molecular weight excluding hydrogens is 180 g/mol. The minimum absolute atomic E-state index is 0.0718. The molecule has 0 aromatic rings. The lowest BCUT2D eigenvalue weighted by Crippen LogP contribution is -2.57. The van der Waals surface area contributed by atoms with E-state index in [-0.39, 0.29) is 6.04 Å². The van der Waals surface area contributed by atoms with E-state index < -0.39 is 11.5 Å². The van der Waals surface area contributed by atoms with Crippen molar-refractivity contribution < 1.29 is 9.90 Å². The highest BCUT2D eigenvalue weighted by Crippen LogP contribution is 2.32. The molecule has 80 valence electrons. The Kier molecular flexibility index (Phi) is 2.49. The van der Waals surface area contributed by atoms with Crippen molar-refractivity contribution in [2.45, 2.75) is 43.7 Å². The monoisotopic (exact) mass is 198 g/mol. The maximum atomic E-state index is 11.1. The second kappa shape index (κ2) is 3.51. The Morgan fingerprint density at radius 2 is 2.14 bits per heavy atom. The van der Waals surface area contributed by atoms with Crippen LogP contribution in [0.2, 0.25) is 0 Å². The van der Waals surface area contributed by atoms with Crippen molar-refractivity contribution >= 4 is 5.97 Å². The molecule has 3 N–H and O–H groups in total. The normalized spacial score (nSPS) is 39.1. The lowest BCUT2D eigenvalue weighted by atomic mass is 9.88. The van der Waals surface area contributed by atoms with Gasteiger partial charge in [-0.15, -0.1) is 0 Å². The Bertz CT molecular complexity index is 244. The van der Waals surface area contributed by atoms with E-state index in [9.17, 15) is 4.79 Å². The zero-order valence-electron chi connectivity index (χ0n) is 8.41. The van der Waals surface area contributed by atoms with Crippen LogP contribution in [0.4, 0.5) is 0 Å². The molecule has 2 fully saturated rings. The van der Waals surface area contributed by atoms with Gasteiger partial charge in [0.15, 0.2) is 0 Å². The standard InChI is InChI=1S/C10H18N2O2/c11-10(9(13)14)5-7-12-6-3-1-2-4-8(10)12/h8H,1-7,11H2,(H,13,14)/t8-,10+/m1/s1. The molecule has 0 unspecified atom stereocenters. The number of aliphatic carboxylic acids is 1. The SMILES string of the molecule is N[C@@]1(C(=O)O)CCN2CCCCC[C@@H]21. The fourth-order valence-corrected chi connectivity index (χ4v) is 2.76. The summed E-state index contributed by atoms with van der Waals surface area (Å²) in [5, 5.41) is 9.15. The number of carbonyl (C=O) groups is 1. The Balaban J connectivity index is 2.18. The zero-order chi connectivity index (χ0) is 10.2. The number of hydrogen-bond donors (Lipinski definition) is 2. The summed E-state index contributed by atoms with van der Waals surface area (Å²) in [5.41, 5.74) is 5.00. The minimum atomic E-state index is -0.982. The van der Waals surface area contributed by atoms with E-state index in [0.29, 0.717) is 6.42 Å². The number of nitrogens with zero attached hydrogens (tertiary/aromatic N) is 1. The van der Waals surface area contributed by atoms with Gasteiger partial charge in [0.1, 0.15) is 5.54 Å². The van der Waals surface area contributed by atoms with Gasteiger partial charge in [-0.05, 0) is 25.8 Å². The van der Waals surface area contributed by atoms with Crippen molar-refractivity contribution in [3.05, 3.63) is 0 Å². The van der Waals surface area contributed by atoms with Crippen LogP contribution in [0.5, 0.6) is 0 Å². The molecule has 0 amide bonds. The Morgan fingerprint density at radius 1 is 1.36 bits per heavy atom. The molecule has 0 aromatic heterocycles. The van der Waals surface area contributed by atoms with Gasteiger partial charge in [0.05, 0.1) is 0 Å². The highest BCUT2D eigenvalue weighted by molar-refractivity contribution is 5.80. The summed E-state index contributed by atoms with van der Waals surface area (Å²) in [5.74, 6) is -0.827. The predicted molar refractivity (Wildman–Crippen MR) is 53.0 cm³/mol. The summed E-state index contributed by atoms with van der Waals surface area (Å²) in [6.45, 7) is 1.88. The summed E-state index contributed by atoms with van der Waals surface area (Å²) in [7, 11) is 0. The van der Waals surface area contributed by atoms with Gasteiger partial charge in [0.2, 0.25) is 0 Å². The quantitative estimate of drug-likeness (QED) is 0.640. The molecule has 0 saturated carbocycles. The van der Waals surface area contributed by atoms with Crippen LogP contribution in [0.3, 0.4) is 0 Å². The van der Waals surface area contributed by atoms with E-state index in [4.69, 9.17) is 10.8 Å². The van der Waals surface area contributed by atoms with Crippen LogP contribution >= 0.6 is 0 Å². The molecule has 14 heavy (non-hydrogen) atoms. The zero-order valence-corrected chi connectivity index (χ0v) is 8.41. The van der Waals surface area contributed by atoms with Gasteiger partial charge in [0.25, 0.3) is 0 Å². The molecule has 0 aromatic carbocycles. The molecule has 2 saturated heterocycles. The average Bonchev–Trinajstić information content (AvgIpc) is 2.38. The van der Waals surface area contributed by atoms with Crippen LogP contribution < -0.4 is 5.73 Å². The number of fused-ring (bicyclic) bond motifs is 1. The number of rotatable bonds is 1. The van der Waals surface area contributed by atoms with Gasteiger partial charge < -0.3 is 10.8 Å². The van der Waals surface area contributed by atoms with Crippen molar-refractivity contribution in [3.8, 4) is 0 Å². The van der Waals surface area contributed by atoms with Crippen LogP contribution in [0.25, 0.3) is 0 Å². The summed E-state index contributed by atoms with van der Waals surface area (Å²) >= 11 is 0. The Labute approximate surface area is 84.1 Å². The molecule has 0 spiro atoms. The van der Waals surface area contributed by atoms with Crippen molar-refractivity contribution in [3.63, 3.8) is 0 Å². The van der Waals surface area contributed by atoms with Crippen molar-refractivity contribution in [1.82, 2.24) is 4.90 Å². The van der Waals surface area contributed by atoms with E-state index in [2.05, 4.69) is 4.90 Å². The van der Waals surface area contributed by atoms with E-state index >= 15 is 0 Å². The summed E-state index contributed by atoms with van der Waals surface area (Å²) in [6.07, 6.45) is 5.07. The first kappa shape index (κ1) is 9.93. The molecule has 2 aliphatic heterocycles. The fraction of sp³-hybridized carbons (Fsp3) is 0.900. The van der Waals surface area contributed by atoms with Gasteiger partial charge in [-0.25, -0.2) is 0 Å². The van der Waals surface area contributed by atoms with E-state index in [1.165, 1.54) is 12.8 Å². The van der Waals surface area contributed by atoms with Crippen molar-refractivity contribution in [2.75, 3.05) is 13.1 Å². The predicted octanol–water partition coefficient (Wildman–Crippen LogP) is 0.417. The van der Waals surface area contributed by atoms with Crippen LogP contribution in [-0.4, -0.2) is 40.6 Å². The van der Waals surface area contributed by atoms with Gasteiger partial charge in [-0.2, -0.15) is 0 Å². The highest BCUT2D eigenvalue weighted by Gasteiger charge is 2.49. The summed E-state index contributed by atoms with van der Waals surface area (Å²) in [4.78, 5) is 13.4. The van der Waals surface area contributed by atoms with Crippen molar-refractivity contribution in [2.24, 2.45) is 5.73 Å². The smallest absolute Gasteiger partial charge is 0.325 e. The third kappa shape index (κ3) is 1.42. The largest absolute Gasteiger partial charge is 0.480 e. The molecule has 4 nitrogen and oxygen atoms in total. The average molecular weight is 198 g/mol. The Morgan fingerprint density at radius 3 is 2.86 bits per heavy atom. The van der Waals surface area contributed by atoms with Crippen LogP contribution in [0.1, 0.15) is 32.1 Å². The number of carboxylic acids is 1. The second-order valence-electron chi connectivity index (χ2n) is 4.50. The van der Waals surface area contributed by atoms with E-state index in [1.54, 1.807) is 0 Å². The van der Waals surface area contributed by atoms with E-state index in [1.807, 2.05) is 0 Å². The molecule has 2 heterocycles. The molecule has 2 rings (SSSR count). The molecule has 4 heteroatoms. The molecule has 0 bridgehead atoms. The third-order valence-corrected chi connectivity index (χ3v) is 3.67. The molecular formula is C10H18N2O2. The molecule has 0 radical (unpaired) electrons. The highest BCUT2D eigenvalue weighted by atomic mass is 16.4. The molecule has 0 aliphatic carbocycles. The number of nitrogens with two attached hydrogens (primary N) is 1. The summed E-state index contributed by atoms with van der Waals surface area (Å²) in [6, 6.07) is 0.0718. The minimum Gasteiger partial charge on any atom is -0.480 e. The lowest BCUT2D eigenvalue weighted by molar-refractivity contribution is -0.144. The fourth-order valence-electron chi connectivity index (χ4n) is 2.76. The van der Waals surface area contributed by atoms with Crippen LogP contribution in [0, 0.1) is 0 Å². The molecule has 2 aliphatic rings. The Hall–Kier alpha value is -0.610. The van der Waals surface area contributed by atoms with Crippen LogP contribution in [0.15, 0.2) is 0 Å². The van der Waals surface area contributed by atoms with Crippen LogP contribution in [-0.2, 0) is 4.79 Å².